The average Bonchev–Trinajstić information content (AvgIpc) is 2.15. The lowest BCUT2D eigenvalue weighted by Crippen LogP contribution is -2.45. The van der Waals surface area contributed by atoms with Gasteiger partial charge in [0.2, 0.25) is 0 Å². The fourth-order valence-corrected chi connectivity index (χ4v) is 2.02. The monoisotopic (exact) mass is 241 g/mol. The summed E-state index contributed by atoms with van der Waals surface area (Å²) in [6.07, 6.45) is 0.545. The third-order valence-corrected chi connectivity index (χ3v) is 2.68. The van der Waals surface area contributed by atoms with Gasteiger partial charge in [0.15, 0.2) is 12.2 Å². The fourth-order valence-electron chi connectivity index (χ4n) is 2.02. The molecule has 0 aliphatic carbocycles. The zero-order chi connectivity index (χ0) is 10.4. The smallest absolute Gasteiger partial charge is 0.195 e. The first-order valence-corrected chi connectivity index (χ1v) is 4.82. The number of aromatic hydroxyl groups is 1. The van der Waals surface area contributed by atoms with Crippen LogP contribution in [0.3, 0.4) is 0 Å². The van der Waals surface area contributed by atoms with Crippen LogP contribution in [-0.4, -0.2) is 17.3 Å². The minimum Gasteiger partial charge on any atom is -0.508 e. The summed E-state index contributed by atoms with van der Waals surface area (Å²) in [4.78, 5) is 4.11. The van der Waals surface area contributed by atoms with Crippen molar-refractivity contribution in [1.82, 2.24) is 5.32 Å². The number of rotatable bonds is 0. The first-order valence-electron chi connectivity index (χ1n) is 4.82. The molecule has 5 nitrogen and oxygen atoms in total. The van der Waals surface area contributed by atoms with E-state index in [1.54, 1.807) is 12.1 Å². The second kappa shape index (κ2) is 3.75. The molecule has 2 atom stereocenters. The Balaban J connectivity index is 0.000000963. The van der Waals surface area contributed by atoms with E-state index < -0.39 is 0 Å². The highest BCUT2D eigenvalue weighted by Crippen LogP contribution is 2.38. The zero-order valence-corrected chi connectivity index (χ0v) is 9.20. The van der Waals surface area contributed by atoms with Crippen LogP contribution in [0.4, 0.5) is 0 Å². The quantitative estimate of drug-likeness (QED) is 0.630. The Bertz CT molecular complexity index is 450. The highest BCUT2D eigenvalue weighted by Gasteiger charge is 2.31. The van der Waals surface area contributed by atoms with Crippen LogP contribution in [-0.2, 0) is 0 Å². The number of nitrogens with one attached hydrogen (secondary N) is 1. The fraction of sp³-hybridized carbons (Fsp3) is 0.300. The number of aliphatic imine (C=N–C) groups is 1. The van der Waals surface area contributed by atoms with Crippen molar-refractivity contribution in [2.75, 3.05) is 0 Å². The van der Waals surface area contributed by atoms with Gasteiger partial charge in [0.25, 0.3) is 0 Å². The highest BCUT2D eigenvalue weighted by atomic mass is 35.5. The molecular weight excluding hydrogens is 230 g/mol. The largest absolute Gasteiger partial charge is 0.508 e. The van der Waals surface area contributed by atoms with Gasteiger partial charge in [0, 0.05) is 18.1 Å². The van der Waals surface area contributed by atoms with E-state index in [1.807, 2.05) is 6.07 Å². The standard InChI is InChI=1S/C10H11N3O2.ClH/c11-10-12-7-4-9(13-10)15-8-3-5(14)1-2-6(7)8;/h1-3,7,9,14H,4H2,(H3,11,12,13);1H. The number of benzene rings is 1. The average molecular weight is 242 g/mol. The van der Waals surface area contributed by atoms with Gasteiger partial charge in [-0.3, -0.25) is 0 Å². The maximum atomic E-state index is 9.34. The number of guanidine groups is 1. The summed E-state index contributed by atoms with van der Waals surface area (Å²) < 4.78 is 5.59. The van der Waals surface area contributed by atoms with Crippen molar-refractivity contribution < 1.29 is 9.84 Å². The van der Waals surface area contributed by atoms with E-state index in [0.29, 0.717) is 11.7 Å². The lowest BCUT2D eigenvalue weighted by Gasteiger charge is -2.34. The Morgan fingerprint density at radius 3 is 3.12 bits per heavy atom. The zero-order valence-electron chi connectivity index (χ0n) is 8.38. The molecule has 0 amide bonds. The van der Waals surface area contributed by atoms with Crippen molar-refractivity contribution in [3.63, 3.8) is 0 Å². The molecule has 3 rings (SSSR count). The number of nitrogens with two attached hydrogens (primary N) is 1. The molecule has 16 heavy (non-hydrogen) atoms. The van der Waals surface area contributed by atoms with E-state index in [2.05, 4.69) is 10.3 Å². The summed E-state index contributed by atoms with van der Waals surface area (Å²) in [5.74, 6) is 1.29. The van der Waals surface area contributed by atoms with E-state index in [-0.39, 0.29) is 30.4 Å². The van der Waals surface area contributed by atoms with Crippen molar-refractivity contribution >= 4 is 18.4 Å². The van der Waals surface area contributed by atoms with Gasteiger partial charge < -0.3 is 20.9 Å². The van der Waals surface area contributed by atoms with Gasteiger partial charge in [-0.1, -0.05) is 0 Å². The topological polar surface area (TPSA) is 79.9 Å². The van der Waals surface area contributed by atoms with Gasteiger partial charge in [-0.2, -0.15) is 0 Å². The summed E-state index contributed by atoms with van der Waals surface area (Å²) in [6.45, 7) is 0. The van der Waals surface area contributed by atoms with Crippen LogP contribution in [0.2, 0.25) is 0 Å². The van der Waals surface area contributed by atoms with Crippen LogP contribution in [0.5, 0.6) is 11.5 Å². The van der Waals surface area contributed by atoms with E-state index >= 15 is 0 Å². The Hall–Kier alpha value is -1.62. The first-order chi connectivity index (χ1) is 7.22. The van der Waals surface area contributed by atoms with E-state index in [1.165, 1.54) is 0 Å². The Morgan fingerprint density at radius 2 is 2.31 bits per heavy atom. The molecule has 0 aromatic heterocycles. The molecule has 0 fully saturated rings. The van der Waals surface area contributed by atoms with Crippen LogP contribution in [0.25, 0.3) is 0 Å². The third kappa shape index (κ3) is 1.63. The molecule has 4 N–H and O–H groups in total. The van der Waals surface area contributed by atoms with Gasteiger partial charge in [0.05, 0.1) is 6.04 Å². The molecule has 2 heterocycles. The Kier molecular flexibility index (Phi) is 2.55. The number of phenols is 1. The maximum Gasteiger partial charge on any atom is 0.195 e. The molecule has 86 valence electrons. The number of ether oxygens (including phenoxy) is 1. The normalized spacial score (nSPS) is 25.4. The minimum absolute atomic E-state index is 0. The molecular formula is C10H12ClN3O2. The molecule has 2 aliphatic rings. The number of halogens is 1. The molecule has 0 saturated heterocycles. The first kappa shape index (κ1) is 10.9. The number of fused-ring (bicyclic) bond motifs is 4. The second-order valence-electron chi connectivity index (χ2n) is 3.74. The summed E-state index contributed by atoms with van der Waals surface area (Å²) in [6, 6.07) is 5.23. The number of nitrogens with zero attached hydrogens (tertiary/aromatic N) is 1. The predicted molar refractivity (Wildman–Crippen MR) is 61.9 cm³/mol. The number of hydrogen-bond donors (Lipinski definition) is 3. The van der Waals surface area contributed by atoms with E-state index in [0.717, 1.165) is 12.0 Å². The van der Waals surface area contributed by atoms with Crippen molar-refractivity contribution in [2.45, 2.75) is 18.7 Å². The van der Waals surface area contributed by atoms with Gasteiger partial charge >= 0.3 is 0 Å². The van der Waals surface area contributed by atoms with Crippen LogP contribution in [0, 0.1) is 0 Å². The van der Waals surface area contributed by atoms with Gasteiger partial charge in [-0.15, -0.1) is 12.4 Å². The van der Waals surface area contributed by atoms with Gasteiger partial charge in [-0.25, -0.2) is 4.99 Å². The van der Waals surface area contributed by atoms with Gasteiger partial charge in [-0.05, 0) is 12.1 Å². The summed E-state index contributed by atoms with van der Waals surface area (Å²) in [5, 5.41) is 12.4. The van der Waals surface area contributed by atoms with Crippen LogP contribution in [0.1, 0.15) is 18.0 Å². The van der Waals surface area contributed by atoms with Crippen molar-refractivity contribution in [2.24, 2.45) is 10.7 Å². The molecule has 0 radical (unpaired) electrons. The summed E-state index contributed by atoms with van der Waals surface area (Å²) in [5.41, 5.74) is 6.64. The van der Waals surface area contributed by atoms with Crippen LogP contribution >= 0.6 is 12.4 Å². The second-order valence-corrected chi connectivity index (χ2v) is 3.74. The van der Waals surface area contributed by atoms with E-state index in [4.69, 9.17) is 10.5 Å². The number of hydrogen-bond acceptors (Lipinski definition) is 5. The SMILES string of the molecule is Cl.NC1=NC2CC(N1)c1ccc(O)cc1O2. The van der Waals surface area contributed by atoms with Crippen molar-refractivity contribution in [3.05, 3.63) is 23.8 Å². The molecule has 2 aliphatic heterocycles. The Morgan fingerprint density at radius 1 is 1.50 bits per heavy atom. The third-order valence-electron chi connectivity index (χ3n) is 2.68. The summed E-state index contributed by atoms with van der Waals surface area (Å²) in [7, 11) is 0. The van der Waals surface area contributed by atoms with Crippen molar-refractivity contribution in [3.8, 4) is 11.5 Å². The lowest BCUT2D eigenvalue weighted by atomic mass is 9.98. The molecule has 2 bridgehead atoms. The molecule has 1 aromatic rings. The van der Waals surface area contributed by atoms with Crippen molar-refractivity contribution in [1.29, 1.82) is 0 Å². The minimum atomic E-state index is -0.231. The Labute approximate surface area is 98.7 Å². The molecule has 0 saturated carbocycles. The lowest BCUT2D eigenvalue weighted by molar-refractivity contribution is 0.153. The van der Waals surface area contributed by atoms with Gasteiger partial charge in [0.1, 0.15) is 11.5 Å². The molecule has 6 heteroatoms. The maximum absolute atomic E-state index is 9.34. The summed E-state index contributed by atoms with van der Waals surface area (Å²) >= 11 is 0. The van der Waals surface area contributed by atoms with E-state index in [9.17, 15) is 5.11 Å². The molecule has 1 aromatic carbocycles. The highest BCUT2D eigenvalue weighted by molar-refractivity contribution is 5.85. The number of phenolic OH excluding ortho intramolecular Hbond substituents is 1. The predicted octanol–water partition coefficient (Wildman–Crippen LogP) is 0.882. The van der Waals surface area contributed by atoms with Crippen LogP contribution in [0.15, 0.2) is 23.2 Å². The van der Waals surface area contributed by atoms with Crippen LogP contribution < -0.4 is 15.8 Å². The molecule has 0 spiro atoms. The molecule has 2 unspecified atom stereocenters.